The Bertz CT molecular complexity index is 604. The number of amides is 1. The van der Waals surface area contributed by atoms with Gasteiger partial charge in [-0.1, -0.05) is 12.1 Å². The smallest absolute Gasteiger partial charge is 0.268 e. The van der Waals surface area contributed by atoms with E-state index >= 15 is 0 Å². The van der Waals surface area contributed by atoms with E-state index in [1.807, 2.05) is 6.07 Å². The predicted octanol–water partition coefficient (Wildman–Crippen LogP) is 1.44. The van der Waals surface area contributed by atoms with Gasteiger partial charge < -0.3 is 10.5 Å². The highest BCUT2D eigenvalue weighted by Crippen LogP contribution is 2.19. The molecule has 0 fully saturated rings. The molecule has 2 rings (SSSR count). The van der Waals surface area contributed by atoms with Crippen LogP contribution in [0.1, 0.15) is 10.4 Å². The maximum atomic E-state index is 11.6. The molecular weight excluding hydrogens is 288 g/mol. The first-order valence-electron chi connectivity index (χ1n) is 6.28. The summed E-state index contributed by atoms with van der Waals surface area (Å²) in [4.78, 5) is 15.8. The Labute approximate surface area is 126 Å². The highest BCUT2D eigenvalue weighted by molar-refractivity contribution is 7.99. The number of nitrogen functional groups attached to an aromatic ring is 2. The first-order chi connectivity index (χ1) is 10.2. The van der Waals surface area contributed by atoms with Crippen LogP contribution in [0.3, 0.4) is 0 Å². The van der Waals surface area contributed by atoms with Gasteiger partial charge in [0.15, 0.2) is 0 Å². The number of nitrogens with two attached hydrogens (primary N) is 2. The topological polar surface area (TPSA) is 103 Å². The molecule has 0 spiro atoms. The van der Waals surface area contributed by atoms with Gasteiger partial charge in [-0.3, -0.25) is 10.2 Å². The number of carbonyl (C=O) groups excluding carboxylic acids is 1. The number of nitrogens with one attached hydrogen (secondary N) is 1. The molecule has 21 heavy (non-hydrogen) atoms. The van der Waals surface area contributed by atoms with Gasteiger partial charge in [0.1, 0.15) is 5.75 Å². The summed E-state index contributed by atoms with van der Waals surface area (Å²) in [6.07, 6.45) is 1.62. The molecule has 5 N–H and O–H groups in total. The van der Waals surface area contributed by atoms with Crippen LogP contribution in [0.15, 0.2) is 47.6 Å². The number of nitrogens with zero attached hydrogens (tertiary/aromatic N) is 1. The SMILES string of the molecule is NNC(=O)c1ccccc1OCCSc1ccc(N)cn1. The van der Waals surface area contributed by atoms with Crippen molar-refractivity contribution < 1.29 is 9.53 Å². The average molecular weight is 304 g/mol. The molecule has 0 saturated carbocycles. The van der Waals surface area contributed by atoms with Crippen LogP contribution in [0, 0.1) is 0 Å². The van der Waals surface area contributed by atoms with Crippen LogP contribution in [-0.4, -0.2) is 23.3 Å². The first kappa shape index (κ1) is 15.1. The summed E-state index contributed by atoms with van der Waals surface area (Å²) in [7, 11) is 0. The van der Waals surface area contributed by atoms with Crippen molar-refractivity contribution >= 4 is 23.4 Å². The maximum Gasteiger partial charge on any atom is 0.268 e. The van der Waals surface area contributed by atoms with Gasteiger partial charge >= 0.3 is 0 Å². The summed E-state index contributed by atoms with van der Waals surface area (Å²) in [5.41, 5.74) is 8.72. The van der Waals surface area contributed by atoms with Crippen LogP contribution in [0.4, 0.5) is 5.69 Å². The lowest BCUT2D eigenvalue weighted by atomic mass is 10.2. The number of rotatable bonds is 6. The van der Waals surface area contributed by atoms with E-state index in [1.54, 1.807) is 48.3 Å². The van der Waals surface area contributed by atoms with Gasteiger partial charge in [-0.05, 0) is 24.3 Å². The van der Waals surface area contributed by atoms with Crippen molar-refractivity contribution in [1.29, 1.82) is 0 Å². The Morgan fingerprint density at radius 2 is 2.10 bits per heavy atom. The molecule has 7 heteroatoms. The second-order valence-corrected chi connectivity index (χ2v) is 5.21. The molecular formula is C14H16N4O2S. The lowest BCUT2D eigenvalue weighted by Gasteiger charge is -2.10. The second-order valence-electron chi connectivity index (χ2n) is 4.10. The molecule has 110 valence electrons. The molecule has 1 amide bonds. The number of hydrogen-bond acceptors (Lipinski definition) is 6. The van der Waals surface area contributed by atoms with E-state index in [-0.39, 0.29) is 5.91 Å². The third kappa shape index (κ3) is 4.37. The summed E-state index contributed by atoms with van der Waals surface area (Å²) in [5, 5.41) is 0.876. The number of thioether (sulfide) groups is 1. The molecule has 1 aromatic carbocycles. The van der Waals surface area contributed by atoms with E-state index in [2.05, 4.69) is 10.4 Å². The lowest BCUT2D eigenvalue weighted by Crippen LogP contribution is -2.30. The fraction of sp³-hybridized carbons (Fsp3) is 0.143. The number of aromatic nitrogens is 1. The van der Waals surface area contributed by atoms with Gasteiger partial charge in [0.05, 0.1) is 29.1 Å². The van der Waals surface area contributed by atoms with Crippen molar-refractivity contribution in [3.8, 4) is 5.75 Å². The summed E-state index contributed by atoms with van der Waals surface area (Å²) < 4.78 is 5.62. The molecule has 1 heterocycles. The quantitative estimate of drug-likeness (QED) is 0.245. The van der Waals surface area contributed by atoms with E-state index in [9.17, 15) is 4.79 Å². The Hall–Kier alpha value is -2.25. The van der Waals surface area contributed by atoms with Crippen LogP contribution in [0.5, 0.6) is 5.75 Å². The molecule has 2 aromatic rings. The van der Waals surface area contributed by atoms with Gasteiger partial charge in [-0.15, -0.1) is 11.8 Å². The number of ether oxygens (including phenoxy) is 1. The number of pyridine rings is 1. The Balaban J connectivity index is 1.86. The summed E-state index contributed by atoms with van der Waals surface area (Å²) in [6, 6.07) is 10.6. The standard InChI is InChI=1S/C14H16N4O2S/c15-10-5-6-13(17-9-10)21-8-7-20-12-4-2-1-3-11(12)14(19)18-16/h1-6,9H,7-8,15-16H2,(H,18,19). The van der Waals surface area contributed by atoms with Crippen molar-refractivity contribution in [2.45, 2.75) is 5.03 Å². The third-order valence-corrected chi connectivity index (χ3v) is 3.52. The zero-order chi connectivity index (χ0) is 15.1. The molecule has 0 bridgehead atoms. The summed E-state index contributed by atoms with van der Waals surface area (Å²) >= 11 is 1.55. The third-order valence-electron chi connectivity index (χ3n) is 2.61. The van der Waals surface area contributed by atoms with Crippen molar-refractivity contribution in [2.24, 2.45) is 5.84 Å². The predicted molar refractivity (Wildman–Crippen MR) is 83.0 cm³/mol. The Morgan fingerprint density at radius 3 is 2.81 bits per heavy atom. The number of para-hydroxylation sites is 1. The number of hydrogen-bond donors (Lipinski definition) is 3. The average Bonchev–Trinajstić information content (AvgIpc) is 2.53. The molecule has 0 unspecified atom stereocenters. The molecule has 0 radical (unpaired) electrons. The number of benzene rings is 1. The monoisotopic (exact) mass is 304 g/mol. The van der Waals surface area contributed by atoms with Crippen LogP contribution in [0.25, 0.3) is 0 Å². The van der Waals surface area contributed by atoms with Crippen molar-refractivity contribution in [3.05, 3.63) is 48.2 Å². The zero-order valence-corrected chi connectivity index (χ0v) is 12.1. The fourth-order valence-electron chi connectivity index (χ4n) is 1.63. The van der Waals surface area contributed by atoms with Crippen LogP contribution in [0.2, 0.25) is 0 Å². The maximum absolute atomic E-state index is 11.6. The zero-order valence-electron chi connectivity index (χ0n) is 11.3. The van der Waals surface area contributed by atoms with Gasteiger partial charge in [-0.2, -0.15) is 0 Å². The Kier molecular flexibility index (Phi) is 5.42. The summed E-state index contributed by atoms with van der Waals surface area (Å²) in [6.45, 7) is 0.450. The van der Waals surface area contributed by atoms with E-state index in [1.165, 1.54) is 0 Å². The Morgan fingerprint density at radius 1 is 1.29 bits per heavy atom. The normalized spacial score (nSPS) is 10.1. The van der Waals surface area contributed by atoms with Crippen LogP contribution >= 0.6 is 11.8 Å². The highest BCUT2D eigenvalue weighted by atomic mass is 32.2. The second kappa shape index (κ2) is 7.51. The van der Waals surface area contributed by atoms with Gasteiger partial charge in [0.2, 0.25) is 0 Å². The largest absolute Gasteiger partial charge is 0.492 e. The molecule has 1 aromatic heterocycles. The van der Waals surface area contributed by atoms with Crippen LogP contribution < -0.4 is 21.7 Å². The van der Waals surface area contributed by atoms with Crippen molar-refractivity contribution in [2.75, 3.05) is 18.1 Å². The highest BCUT2D eigenvalue weighted by Gasteiger charge is 2.10. The van der Waals surface area contributed by atoms with Crippen molar-refractivity contribution in [3.63, 3.8) is 0 Å². The number of carbonyl (C=O) groups is 1. The first-order valence-corrected chi connectivity index (χ1v) is 7.26. The van der Waals surface area contributed by atoms with Gasteiger partial charge in [-0.25, -0.2) is 10.8 Å². The van der Waals surface area contributed by atoms with Crippen molar-refractivity contribution in [1.82, 2.24) is 10.4 Å². The molecule has 0 atom stereocenters. The molecule has 0 aliphatic rings. The minimum absolute atomic E-state index is 0.376. The minimum Gasteiger partial charge on any atom is -0.492 e. The minimum atomic E-state index is -0.376. The molecule has 6 nitrogen and oxygen atoms in total. The van der Waals surface area contributed by atoms with Gasteiger partial charge in [0, 0.05) is 5.75 Å². The molecule has 0 aliphatic carbocycles. The van der Waals surface area contributed by atoms with Gasteiger partial charge in [0.25, 0.3) is 5.91 Å². The fourth-order valence-corrected chi connectivity index (χ4v) is 2.30. The summed E-state index contributed by atoms with van der Waals surface area (Å²) in [5.74, 6) is 5.97. The van der Waals surface area contributed by atoms with E-state index in [0.29, 0.717) is 29.4 Å². The van der Waals surface area contributed by atoms with E-state index in [4.69, 9.17) is 16.3 Å². The van der Waals surface area contributed by atoms with E-state index in [0.717, 1.165) is 5.03 Å². The molecule has 0 saturated heterocycles. The van der Waals surface area contributed by atoms with Crippen LogP contribution in [-0.2, 0) is 0 Å². The molecule has 0 aliphatic heterocycles. The number of anilines is 1. The number of hydrazine groups is 1. The lowest BCUT2D eigenvalue weighted by molar-refractivity contribution is 0.0950. The van der Waals surface area contributed by atoms with E-state index < -0.39 is 0 Å².